The van der Waals surface area contributed by atoms with E-state index in [1.165, 1.54) is 12.1 Å². The highest BCUT2D eigenvalue weighted by Gasteiger charge is 2.31. The number of rotatable bonds is 5. The fourth-order valence-electron chi connectivity index (χ4n) is 3.58. The number of nitrogen functional groups attached to an aromatic ring is 2. The number of aromatic nitrogens is 1. The number of nitro groups is 1. The molecule has 1 unspecified atom stereocenters. The minimum atomic E-state index is -0.944. The van der Waals surface area contributed by atoms with Gasteiger partial charge in [-0.2, -0.15) is 10.5 Å². The van der Waals surface area contributed by atoms with Crippen molar-refractivity contribution in [2.24, 2.45) is 4.99 Å². The molecule has 12 nitrogen and oxygen atoms in total. The number of halogens is 2. The van der Waals surface area contributed by atoms with E-state index in [9.17, 15) is 15.4 Å². The Hall–Kier alpha value is -4.78. The van der Waals surface area contributed by atoms with E-state index < -0.39 is 11.0 Å². The molecule has 0 radical (unpaired) electrons. The number of guanidine groups is 1. The van der Waals surface area contributed by atoms with Crippen molar-refractivity contribution in [3.05, 3.63) is 78.8 Å². The molecule has 4 rings (SSSR count). The fourth-order valence-corrected chi connectivity index (χ4v) is 3.90. The molecule has 0 bridgehead atoms. The molecule has 2 heterocycles. The lowest BCUT2D eigenvalue weighted by molar-refractivity contribution is -0.386. The Morgan fingerprint density at radius 3 is 2.64 bits per heavy atom. The van der Waals surface area contributed by atoms with E-state index in [1.807, 2.05) is 6.07 Å². The molecule has 3 aromatic rings. The number of nitrogens with one attached hydrogen (secondary N) is 2. The summed E-state index contributed by atoms with van der Waals surface area (Å²) in [6.45, 7) is 0.00330. The van der Waals surface area contributed by atoms with Gasteiger partial charge >= 0.3 is 5.69 Å². The zero-order chi connectivity index (χ0) is 26.0. The Labute approximate surface area is 213 Å². The molecule has 1 atom stereocenters. The lowest BCUT2D eigenvalue weighted by Crippen LogP contribution is -2.32. The number of aliphatic imine (C=N–C) groups is 1. The number of hydrogen-bond acceptors (Lipinski definition) is 11. The van der Waals surface area contributed by atoms with Crippen LogP contribution in [0.2, 0.25) is 10.0 Å². The standard InChI is InChI=1S/C22H15Cl2N9O3/c23-13-3-1-10(5-14(13)24)8-36-16-4-2-11(6-15(16)33(34)35)19-17-18(27)12(7-25)20(28)31-21(17)32-22(30-19)29-9-26/h1-6,19H,8H2,(H6,27,28,29,30,31,32). The van der Waals surface area contributed by atoms with E-state index in [2.05, 4.69) is 20.6 Å². The zero-order valence-corrected chi connectivity index (χ0v) is 19.6. The number of nitrogens with zero attached hydrogens (tertiary/aromatic N) is 5. The van der Waals surface area contributed by atoms with Crippen LogP contribution in [0, 0.1) is 32.9 Å². The van der Waals surface area contributed by atoms with Gasteiger partial charge < -0.3 is 21.5 Å². The third kappa shape index (κ3) is 4.59. The number of nitrogens with two attached hydrogens (primary N) is 2. The Morgan fingerprint density at radius 2 is 1.97 bits per heavy atom. The normalized spacial score (nSPS) is 13.9. The number of benzene rings is 2. The summed E-state index contributed by atoms with van der Waals surface area (Å²) in [4.78, 5) is 19.8. The summed E-state index contributed by atoms with van der Waals surface area (Å²) in [5.74, 6) is 0.0673. The third-order valence-corrected chi connectivity index (χ3v) is 5.97. The first-order valence-electron chi connectivity index (χ1n) is 10.1. The fraction of sp³-hybridized carbons (Fsp3) is 0.0909. The molecule has 14 heteroatoms. The quantitative estimate of drug-likeness (QED) is 0.164. The van der Waals surface area contributed by atoms with Gasteiger partial charge in [-0.05, 0) is 29.3 Å². The van der Waals surface area contributed by atoms with Crippen molar-refractivity contribution in [1.82, 2.24) is 10.3 Å². The molecule has 1 aromatic heterocycles. The molecule has 1 aliphatic heterocycles. The van der Waals surface area contributed by atoms with Crippen LogP contribution in [-0.2, 0) is 6.61 Å². The average molecular weight is 524 g/mol. The summed E-state index contributed by atoms with van der Waals surface area (Å²) in [7, 11) is 0. The predicted molar refractivity (Wildman–Crippen MR) is 133 cm³/mol. The third-order valence-electron chi connectivity index (χ3n) is 5.23. The highest BCUT2D eigenvalue weighted by atomic mass is 35.5. The summed E-state index contributed by atoms with van der Waals surface area (Å²) in [6.07, 6.45) is 1.74. The first-order valence-corrected chi connectivity index (χ1v) is 10.8. The molecular weight excluding hydrogens is 509 g/mol. The Kier molecular flexibility index (Phi) is 6.65. The van der Waals surface area contributed by atoms with Crippen molar-refractivity contribution in [2.75, 3.05) is 16.8 Å². The lowest BCUT2D eigenvalue weighted by atomic mass is 9.94. The summed E-state index contributed by atoms with van der Waals surface area (Å²) < 4.78 is 5.68. The first-order chi connectivity index (χ1) is 17.2. The highest BCUT2D eigenvalue weighted by molar-refractivity contribution is 6.42. The minimum absolute atomic E-state index is 0.00330. The lowest BCUT2D eigenvalue weighted by Gasteiger charge is -2.26. The average Bonchev–Trinajstić information content (AvgIpc) is 2.84. The molecule has 0 saturated heterocycles. The van der Waals surface area contributed by atoms with Crippen LogP contribution in [0.1, 0.15) is 28.3 Å². The molecule has 0 amide bonds. The summed E-state index contributed by atoms with van der Waals surface area (Å²) in [5.41, 5.74) is 13.0. The second-order valence-electron chi connectivity index (χ2n) is 7.42. The molecule has 0 fully saturated rings. The van der Waals surface area contributed by atoms with Gasteiger partial charge in [0.25, 0.3) is 0 Å². The maximum absolute atomic E-state index is 11.9. The smallest absolute Gasteiger partial charge is 0.311 e. The predicted octanol–water partition coefficient (Wildman–Crippen LogP) is 3.85. The number of ether oxygens (including phenoxy) is 1. The molecule has 2 aromatic carbocycles. The van der Waals surface area contributed by atoms with Crippen LogP contribution in [0.5, 0.6) is 5.75 Å². The number of nitro benzene ring substituents is 1. The van der Waals surface area contributed by atoms with Crippen LogP contribution >= 0.6 is 23.2 Å². The van der Waals surface area contributed by atoms with E-state index in [1.54, 1.807) is 30.5 Å². The summed E-state index contributed by atoms with van der Waals surface area (Å²) in [6, 6.07) is 10.1. The molecule has 0 spiro atoms. The van der Waals surface area contributed by atoms with Gasteiger partial charge in [0.2, 0.25) is 5.96 Å². The van der Waals surface area contributed by atoms with E-state index in [-0.39, 0.29) is 52.5 Å². The van der Waals surface area contributed by atoms with Crippen molar-refractivity contribution >= 4 is 52.2 Å². The van der Waals surface area contributed by atoms with Gasteiger partial charge in [0.1, 0.15) is 35.9 Å². The van der Waals surface area contributed by atoms with Crippen LogP contribution in [0.15, 0.2) is 41.4 Å². The van der Waals surface area contributed by atoms with Crippen LogP contribution in [-0.4, -0.2) is 15.9 Å². The first kappa shape index (κ1) is 24.3. The largest absolute Gasteiger partial charge is 0.482 e. The van der Waals surface area contributed by atoms with Crippen LogP contribution < -0.4 is 26.8 Å². The van der Waals surface area contributed by atoms with Gasteiger partial charge in [0, 0.05) is 11.6 Å². The van der Waals surface area contributed by atoms with Gasteiger partial charge in [0.15, 0.2) is 11.9 Å². The van der Waals surface area contributed by atoms with Gasteiger partial charge in [0.05, 0.1) is 20.7 Å². The molecule has 36 heavy (non-hydrogen) atoms. The second kappa shape index (κ2) is 9.84. The minimum Gasteiger partial charge on any atom is -0.482 e. The molecule has 180 valence electrons. The topological polar surface area (TPSA) is 201 Å². The van der Waals surface area contributed by atoms with Gasteiger partial charge in [-0.3, -0.25) is 15.4 Å². The molecule has 0 aliphatic carbocycles. The highest BCUT2D eigenvalue weighted by Crippen LogP contribution is 2.42. The van der Waals surface area contributed by atoms with E-state index >= 15 is 0 Å². The van der Waals surface area contributed by atoms with Gasteiger partial charge in [-0.1, -0.05) is 35.3 Å². The second-order valence-corrected chi connectivity index (χ2v) is 8.24. The van der Waals surface area contributed by atoms with Crippen molar-refractivity contribution in [3.63, 3.8) is 0 Å². The number of hydrogen-bond donors (Lipinski definition) is 4. The monoisotopic (exact) mass is 523 g/mol. The number of anilines is 3. The summed E-state index contributed by atoms with van der Waals surface area (Å²) >= 11 is 11.9. The van der Waals surface area contributed by atoms with Crippen LogP contribution in [0.25, 0.3) is 0 Å². The van der Waals surface area contributed by atoms with Gasteiger partial charge in [-0.15, -0.1) is 0 Å². The van der Waals surface area contributed by atoms with E-state index in [4.69, 9.17) is 44.7 Å². The molecule has 1 aliphatic rings. The van der Waals surface area contributed by atoms with Crippen molar-refractivity contribution < 1.29 is 9.66 Å². The molecule has 0 saturated carbocycles. The maximum Gasteiger partial charge on any atom is 0.311 e. The zero-order valence-electron chi connectivity index (χ0n) is 18.1. The van der Waals surface area contributed by atoms with E-state index in [0.29, 0.717) is 21.2 Å². The van der Waals surface area contributed by atoms with Crippen molar-refractivity contribution in [1.29, 1.82) is 10.5 Å². The SMILES string of the molecule is N#CNC1=NC(c2ccc(OCc3ccc(Cl)c(Cl)c3)c([N+](=O)[O-])c2)c2c(nc(N)c(C#N)c2N)N1. The van der Waals surface area contributed by atoms with Crippen LogP contribution in [0.3, 0.4) is 0 Å². The van der Waals surface area contributed by atoms with Crippen molar-refractivity contribution in [2.45, 2.75) is 12.6 Å². The number of fused-ring (bicyclic) bond motifs is 1. The maximum atomic E-state index is 11.9. The van der Waals surface area contributed by atoms with E-state index in [0.717, 1.165) is 0 Å². The van der Waals surface area contributed by atoms with Crippen molar-refractivity contribution in [3.8, 4) is 18.0 Å². The Morgan fingerprint density at radius 1 is 1.19 bits per heavy atom. The van der Waals surface area contributed by atoms with Crippen LogP contribution in [0.4, 0.5) is 23.0 Å². The summed E-state index contributed by atoms with van der Waals surface area (Å²) in [5, 5.41) is 36.2. The Balaban J connectivity index is 1.76. The Bertz CT molecular complexity index is 1510. The van der Waals surface area contributed by atoms with Gasteiger partial charge in [-0.25, -0.2) is 9.98 Å². The molecular formula is C22H15Cl2N9O3. The number of pyridine rings is 1. The number of nitriles is 2. The molecule has 6 N–H and O–H groups in total.